The number of thiol groups is 1. The van der Waals surface area contributed by atoms with Crippen LogP contribution in [0.25, 0.3) is 0 Å². The zero-order valence-corrected chi connectivity index (χ0v) is 13.0. The summed E-state index contributed by atoms with van der Waals surface area (Å²) in [5, 5.41) is 0. The molecule has 0 saturated carbocycles. The van der Waals surface area contributed by atoms with Crippen molar-refractivity contribution in [2.75, 3.05) is 19.0 Å². The summed E-state index contributed by atoms with van der Waals surface area (Å²) >= 11 is 4.51. The second kappa shape index (κ2) is 7.25. The first-order valence-corrected chi connectivity index (χ1v) is 6.91. The summed E-state index contributed by atoms with van der Waals surface area (Å²) in [4.78, 5) is 3.10. The Balaban J connectivity index is 2.81. The summed E-state index contributed by atoms with van der Waals surface area (Å²) in [6.07, 6.45) is 5.86. The van der Waals surface area contributed by atoms with Crippen LogP contribution >= 0.6 is 12.6 Å². The standard InChI is InChI=1S/C17H23NS/c1-6-13(2)7-8-14(3)11-15-12-16(18(4)5)9-10-17(15)19/h7-10,12,19H,2-3,6,11H2,1,4-5H3/b8-7-. The molecule has 1 aromatic carbocycles. The van der Waals surface area contributed by atoms with Gasteiger partial charge in [0.1, 0.15) is 0 Å². The van der Waals surface area contributed by atoms with Crippen LogP contribution in [0.5, 0.6) is 0 Å². The van der Waals surface area contributed by atoms with Crippen molar-refractivity contribution in [3.63, 3.8) is 0 Å². The number of anilines is 1. The fourth-order valence-corrected chi connectivity index (χ4v) is 1.87. The first kappa shape index (κ1) is 15.6. The summed E-state index contributed by atoms with van der Waals surface area (Å²) in [6, 6.07) is 6.27. The summed E-state index contributed by atoms with van der Waals surface area (Å²) in [5.74, 6) is 0. The first-order valence-electron chi connectivity index (χ1n) is 6.47. The molecule has 0 saturated heterocycles. The first-order chi connectivity index (χ1) is 8.93. The van der Waals surface area contributed by atoms with Crippen molar-refractivity contribution in [2.24, 2.45) is 0 Å². The highest BCUT2D eigenvalue weighted by Gasteiger charge is 2.03. The monoisotopic (exact) mass is 273 g/mol. The maximum absolute atomic E-state index is 4.51. The highest BCUT2D eigenvalue weighted by atomic mass is 32.1. The van der Waals surface area contributed by atoms with Crippen LogP contribution in [0, 0.1) is 0 Å². The highest BCUT2D eigenvalue weighted by molar-refractivity contribution is 7.80. The Morgan fingerprint density at radius 1 is 1.21 bits per heavy atom. The Labute approximate surface area is 122 Å². The molecule has 0 spiro atoms. The third-order valence-electron chi connectivity index (χ3n) is 3.01. The van der Waals surface area contributed by atoms with E-state index in [1.807, 2.05) is 32.3 Å². The fourth-order valence-electron chi connectivity index (χ4n) is 1.65. The molecule has 0 amide bonds. The number of benzene rings is 1. The smallest absolute Gasteiger partial charge is 0.0364 e. The third-order valence-corrected chi connectivity index (χ3v) is 3.44. The van der Waals surface area contributed by atoms with Crippen molar-refractivity contribution >= 4 is 18.3 Å². The van der Waals surface area contributed by atoms with Gasteiger partial charge in [-0.2, -0.15) is 0 Å². The van der Waals surface area contributed by atoms with E-state index in [0.717, 1.165) is 28.9 Å². The van der Waals surface area contributed by atoms with E-state index in [9.17, 15) is 0 Å². The molecule has 0 unspecified atom stereocenters. The zero-order chi connectivity index (χ0) is 14.4. The van der Waals surface area contributed by atoms with Gasteiger partial charge in [0.15, 0.2) is 0 Å². The quantitative estimate of drug-likeness (QED) is 0.582. The van der Waals surface area contributed by atoms with Crippen molar-refractivity contribution in [1.29, 1.82) is 0 Å². The van der Waals surface area contributed by atoms with Gasteiger partial charge in [0.2, 0.25) is 0 Å². The fraction of sp³-hybridized carbons (Fsp3) is 0.294. The Morgan fingerprint density at radius 2 is 1.84 bits per heavy atom. The molecule has 0 atom stereocenters. The van der Waals surface area contributed by atoms with Crippen LogP contribution in [0.3, 0.4) is 0 Å². The predicted octanol–water partition coefficient (Wildman–Crippen LogP) is 4.66. The van der Waals surface area contributed by atoms with E-state index in [-0.39, 0.29) is 0 Å². The molecule has 1 nitrogen and oxygen atoms in total. The lowest BCUT2D eigenvalue weighted by Crippen LogP contribution is -2.09. The molecule has 2 heteroatoms. The van der Waals surface area contributed by atoms with Crippen molar-refractivity contribution < 1.29 is 0 Å². The molecule has 0 aliphatic rings. The summed E-state index contributed by atoms with van der Waals surface area (Å²) < 4.78 is 0. The van der Waals surface area contributed by atoms with Crippen LogP contribution in [0.4, 0.5) is 5.69 Å². The van der Waals surface area contributed by atoms with Crippen LogP contribution < -0.4 is 4.90 Å². The molecule has 1 aromatic rings. The lowest BCUT2D eigenvalue weighted by molar-refractivity contribution is 1.08. The molecule has 0 N–H and O–H groups in total. The third kappa shape index (κ3) is 4.99. The topological polar surface area (TPSA) is 3.24 Å². The van der Waals surface area contributed by atoms with Gasteiger partial charge in [0.05, 0.1) is 0 Å². The molecule has 0 aliphatic heterocycles. The average molecular weight is 273 g/mol. The second-order valence-electron chi connectivity index (χ2n) is 4.89. The van der Waals surface area contributed by atoms with Gasteiger partial charge >= 0.3 is 0 Å². The predicted molar refractivity (Wildman–Crippen MR) is 89.4 cm³/mol. The lowest BCUT2D eigenvalue weighted by atomic mass is 10.0. The molecule has 19 heavy (non-hydrogen) atoms. The van der Waals surface area contributed by atoms with Crippen LogP contribution in [0.1, 0.15) is 18.9 Å². The van der Waals surface area contributed by atoms with Crippen molar-refractivity contribution in [3.8, 4) is 0 Å². The van der Waals surface area contributed by atoms with E-state index in [0.29, 0.717) is 0 Å². The molecule has 0 aromatic heterocycles. The molecular weight excluding hydrogens is 250 g/mol. The van der Waals surface area contributed by atoms with Gasteiger partial charge in [0, 0.05) is 24.7 Å². The minimum atomic E-state index is 0.813. The summed E-state index contributed by atoms with van der Waals surface area (Å²) in [7, 11) is 4.08. The number of hydrogen-bond donors (Lipinski definition) is 1. The maximum Gasteiger partial charge on any atom is 0.0364 e. The number of rotatable bonds is 6. The number of hydrogen-bond acceptors (Lipinski definition) is 2. The molecule has 0 fully saturated rings. The van der Waals surface area contributed by atoms with E-state index in [1.165, 1.54) is 11.3 Å². The Bertz CT molecular complexity index is 498. The van der Waals surface area contributed by atoms with E-state index >= 15 is 0 Å². The van der Waals surface area contributed by atoms with Crippen LogP contribution in [0.15, 0.2) is 59.6 Å². The molecular formula is C17H23NS. The maximum atomic E-state index is 4.51. The lowest BCUT2D eigenvalue weighted by Gasteiger charge is -2.15. The number of nitrogens with zero attached hydrogens (tertiary/aromatic N) is 1. The Morgan fingerprint density at radius 3 is 2.42 bits per heavy atom. The normalized spacial score (nSPS) is 10.7. The van der Waals surface area contributed by atoms with Gasteiger partial charge in [-0.05, 0) is 36.6 Å². The van der Waals surface area contributed by atoms with Gasteiger partial charge in [-0.3, -0.25) is 0 Å². The largest absolute Gasteiger partial charge is 0.378 e. The van der Waals surface area contributed by atoms with E-state index in [4.69, 9.17) is 0 Å². The molecule has 0 bridgehead atoms. The average Bonchev–Trinajstić information content (AvgIpc) is 2.38. The van der Waals surface area contributed by atoms with E-state index in [2.05, 4.69) is 49.7 Å². The van der Waals surface area contributed by atoms with Crippen molar-refractivity contribution in [1.82, 2.24) is 0 Å². The molecule has 0 radical (unpaired) electrons. The Kier molecular flexibility index (Phi) is 5.97. The molecule has 0 aliphatic carbocycles. The number of allylic oxidation sites excluding steroid dienone is 4. The van der Waals surface area contributed by atoms with Crippen LogP contribution in [-0.4, -0.2) is 14.1 Å². The second-order valence-corrected chi connectivity index (χ2v) is 5.37. The SMILES string of the molecule is C=C(/C=C\C(=C)Cc1cc(N(C)C)ccc1S)CC. The summed E-state index contributed by atoms with van der Waals surface area (Å²) in [5.41, 5.74) is 4.57. The summed E-state index contributed by atoms with van der Waals surface area (Å²) in [6.45, 7) is 10.2. The van der Waals surface area contributed by atoms with Crippen molar-refractivity contribution in [3.05, 3.63) is 60.2 Å². The van der Waals surface area contributed by atoms with Gasteiger partial charge < -0.3 is 4.90 Å². The van der Waals surface area contributed by atoms with Gasteiger partial charge in [-0.25, -0.2) is 0 Å². The molecule has 102 valence electrons. The van der Waals surface area contributed by atoms with Gasteiger partial charge in [0.25, 0.3) is 0 Å². The zero-order valence-electron chi connectivity index (χ0n) is 12.1. The van der Waals surface area contributed by atoms with Crippen molar-refractivity contribution in [2.45, 2.75) is 24.7 Å². The molecule has 1 rings (SSSR count). The minimum Gasteiger partial charge on any atom is -0.378 e. The minimum absolute atomic E-state index is 0.813. The van der Waals surface area contributed by atoms with Gasteiger partial charge in [-0.15, -0.1) is 12.6 Å². The van der Waals surface area contributed by atoms with E-state index < -0.39 is 0 Å². The van der Waals surface area contributed by atoms with Gasteiger partial charge in [-0.1, -0.05) is 43.4 Å². The highest BCUT2D eigenvalue weighted by Crippen LogP contribution is 2.23. The van der Waals surface area contributed by atoms with Crippen LogP contribution in [0.2, 0.25) is 0 Å². The van der Waals surface area contributed by atoms with Crippen LogP contribution in [-0.2, 0) is 6.42 Å². The van der Waals surface area contributed by atoms with E-state index in [1.54, 1.807) is 0 Å². The Hall–Kier alpha value is -1.41. The molecule has 0 heterocycles.